The zero-order valence-electron chi connectivity index (χ0n) is 24.1. The molecular weight excluding hydrogens is 536 g/mol. The summed E-state index contributed by atoms with van der Waals surface area (Å²) >= 11 is 0. The molecule has 0 bridgehead atoms. The Labute approximate surface area is 246 Å². The number of carboxylic acid groups (broad SMARTS) is 1. The SMILES string of the molecule is C[C@H]([C@@H](O)c1ccccc1)N(C)C[C@@H]1C[C@H](c2ccc(CO)cc2)O[C@H](c2ccc(NC(=O)CCCC(=O)O)cc2)O1. The van der Waals surface area contributed by atoms with E-state index < -0.39 is 18.4 Å². The molecule has 3 aromatic carbocycles. The molecule has 0 aliphatic carbocycles. The van der Waals surface area contributed by atoms with Crippen LogP contribution in [-0.4, -0.2) is 57.8 Å². The molecule has 42 heavy (non-hydrogen) atoms. The van der Waals surface area contributed by atoms with E-state index >= 15 is 0 Å². The number of carbonyl (C=O) groups excluding carboxylic acids is 1. The Balaban J connectivity index is 1.46. The lowest BCUT2D eigenvalue weighted by atomic mass is 9.98. The van der Waals surface area contributed by atoms with Gasteiger partial charge in [-0.1, -0.05) is 66.7 Å². The Bertz CT molecular complexity index is 1280. The summed E-state index contributed by atoms with van der Waals surface area (Å²) in [6.07, 6.45) is -0.791. The molecule has 1 amide bonds. The summed E-state index contributed by atoms with van der Waals surface area (Å²) in [5.74, 6) is -1.16. The third kappa shape index (κ3) is 8.70. The number of rotatable bonds is 13. The Morgan fingerprint density at radius 2 is 1.62 bits per heavy atom. The highest BCUT2D eigenvalue weighted by Gasteiger charge is 2.34. The van der Waals surface area contributed by atoms with Gasteiger partial charge in [0.25, 0.3) is 0 Å². The second kappa shape index (κ2) is 15.0. The lowest BCUT2D eigenvalue weighted by Gasteiger charge is -2.39. The van der Waals surface area contributed by atoms with Crippen LogP contribution < -0.4 is 5.32 Å². The number of carbonyl (C=O) groups is 2. The number of anilines is 1. The molecule has 3 aromatic rings. The van der Waals surface area contributed by atoms with Gasteiger partial charge in [-0.25, -0.2) is 0 Å². The molecule has 224 valence electrons. The number of likely N-dealkylation sites (N-methyl/N-ethyl adjacent to an activating group) is 1. The van der Waals surface area contributed by atoms with Crippen LogP contribution in [0.4, 0.5) is 5.69 Å². The molecule has 1 aliphatic rings. The number of nitrogens with zero attached hydrogens (tertiary/aromatic N) is 1. The molecule has 9 heteroatoms. The summed E-state index contributed by atoms with van der Waals surface area (Å²) in [5, 5.41) is 32.0. The van der Waals surface area contributed by atoms with Gasteiger partial charge >= 0.3 is 5.97 Å². The van der Waals surface area contributed by atoms with E-state index in [-0.39, 0.29) is 50.0 Å². The van der Waals surface area contributed by atoms with Crippen LogP contribution in [0.25, 0.3) is 0 Å². The fourth-order valence-electron chi connectivity index (χ4n) is 5.04. The van der Waals surface area contributed by atoms with Gasteiger partial charge in [-0.05, 0) is 49.2 Å². The van der Waals surface area contributed by atoms with Gasteiger partial charge in [0.15, 0.2) is 6.29 Å². The minimum absolute atomic E-state index is 0.0327. The van der Waals surface area contributed by atoms with Crippen molar-refractivity contribution in [2.75, 3.05) is 18.9 Å². The van der Waals surface area contributed by atoms with Gasteiger partial charge < -0.3 is 30.1 Å². The molecule has 1 heterocycles. The number of amides is 1. The first-order valence-electron chi connectivity index (χ1n) is 14.3. The summed E-state index contributed by atoms with van der Waals surface area (Å²) in [6, 6.07) is 24.4. The fourth-order valence-corrected chi connectivity index (χ4v) is 5.04. The molecule has 4 rings (SSSR count). The van der Waals surface area contributed by atoms with Gasteiger partial charge in [0.1, 0.15) is 0 Å². The molecule has 1 aliphatic heterocycles. The second-order valence-corrected chi connectivity index (χ2v) is 10.8. The Morgan fingerprint density at radius 3 is 2.26 bits per heavy atom. The number of aliphatic hydroxyl groups excluding tert-OH is 2. The number of aliphatic carboxylic acids is 1. The number of hydrogen-bond donors (Lipinski definition) is 4. The van der Waals surface area contributed by atoms with E-state index in [9.17, 15) is 19.8 Å². The van der Waals surface area contributed by atoms with E-state index in [1.807, 2.05) is 80.7 Å². The molecule has 5 atom stereocenters. The predicted octanol–water partition coefficient (Wildman–Crippen LogP) is 4.97. The molecule has 0 aromatic heterocycles. The first-order chi connectivity index (χ1) is 20.2. The van der Waals surface area contributed by atoms with E-state index in [1.165, 1.54) is 0 Å². The van der Waals surface area contributed by atoms with Gasteiger partial charge in [-0.2, -0.15) is 0 Å². The monoisotopic (exact) mass is 576 g/mol. The van der Waals surface area contributed by atoms with E-state index in [0.29, 0.717) is 18.7 Å². The lowest BCUT2D eigenvalue weighted by molar-refractivity contribution is -0.253. The minimum atomic E-state index is -0.923. The summed E-state index contributed by atoms with van der Waals surface area (Å²) in [4.78, 5) is 25.0. The van der Waals surface area contributed by atoms with Crippen LogP contribution >= 0.6 is 0 Å². The topological polar surface area (TPSA) is 129 Å². The van der Waals surface area contributed by atoms with Crippen molar-refractivity contribution in [2.24, 2.45) is 0 Å². The van der Waals surface area contributed by atoms with Crippen molar-refractivity contribution < 1.29 is 34.4 Å². The molecule has 0 radical (unpaired) electrons. The van der Waals surface area contributed by atoms with Crippen molar-refractivity contribution in [3.63, 3.8) is 0 Å². The smallest absolute Gasteiger partial charge is 0.303 e. The number of ether oxygens (including phenoxy) is 2. The largest absolute Gasteiger partial charge is 0.481 e. The Kier molecular flexibility index (Phi) is 11.2. The first kappa shape index (κ1) is 31.3. The molecule has 0 unspecified atom stereocenters. The van der Waals surface area contributed by atoms with E-state index in [1.54, 1.807) is 12.1 Å². The van der Waals surface area contributed by atoms with Gasteiger partial charge in [-0.3, -0.25) is 14.5 Å². The third-order valence-electron chi connectivity index (χ3n) is 7.66. The second-order valence-electron chi connectivity index (χ2n) is 10.8. The third-order valence-corrected chi connectivity index (χ3v) is 7.66. The maximum atomic E-state index is 12.2. The van der Waals surface area contributed by atoms with Crippen LogP contribution in [0.15, 0.2) is 78.9 Å². The summed E-state index contributed by atoms with van der Waals surface area (Å²) in [7, 11) is 1.98. The fraction of sp³-hybridized carbons (Fsp3) is 0.394. The number of aliphatic hydroxyl groups is 2. The maximum Gasteiger partial charge on any atom is 0.303 e. The van der Waals surface area contributed by atoms with E-state index in [2.05, 4.69) is 10.2 Å². The van der Waals surface area contributed by atoms with Crippen LogP contribution in [0.3, 0.4) is 0 Å². The quantitative estimate of drug-likeness (QED) is 0.225. The zero-order valence-corrected chi connectivity index (χ0v) is 24.1. The lowest BCUT2D eigenvalue weighted by Crippen LogP contribution is -2.43. The number of carboxylic acids is 1. The van der Waals surface area contributed by atoms with Crippen molar-refractivity contribution in [2.45, 2.75) is 69.9 Å². The zero-order chi connectivity index (χ0) is 30.1. The maximum absolute atomic E-state index is 12.2. The van der Waals surface area contributed by atoms with Crippen LogP contribution in [0, 0.1) is 0 Å². The summed E-state index contributed by atoms with van der Waals surface area (Å²) in [5.41, 5.74) is 4.06. The normalized spacial score (nSPS) is 20.2. The van der Waals surface area contributed by atoms with E-state index in [4.69, 9.17) is 14.6 Å². The summed E-state index contributed by atoms with van der Waals surface area (Å²) in [6.45, 7) is 2.53. The molecule has 9 nitrogen and oxygen atoms in total. The van der Waals surface area contributed by atoms with Gasteiger partial charge in [0, 0.05) is 43.1 Å². The highest BCUT2D eigenvalue weighted by atomic mass is 16.7. The Hall–Kier alpha value is -3.60. The number of nitrogens with one attached hydrogen (secondary N) is 1. The van der Waals surface area contributed by atoms with Gasteiger partial charge in [0.05, 0.1) is 24.9 Å². The molecule has 1 saturated heterocycles. The highest BCUT2D eigenvalue weighted by Crippen LogP contribution is 2.38. The van der Waals surface area contributed by atoms with Crippen LogP contribution in [0.1, 0.15) is 73.4 Å². The molecular formula is C33H40N2O7. The number of hydrogen-bond acceptors (Lipinski definition) is 7. The number of benzene rings is 3. The predicted molar refractivity (Wildman–Crippen MR) is 158 cm³/mol. The van der Waals surface area contributed by atoms with Gasteiger partial charge in [-0.15, -0.1) is 0 Å². The Morgan fingerprint density at radius 1 is 0.952 bits per heavy atom. The van der Waals surface area contributed by atoms with Crippen molar-refractivity contribution in [3.8, 4) is 0 Å². The van der Waals surface area contributed by atoms with Crippen LogP contribution in [0.2, 0.25) is 0 Å². The van der Waals surface area contributed by atoms with Crippen LogP contribution in [0.5, 0.6) is 0 Å². The van der Waals surface area contributed by atoms with Crippen molar-refractivity contribution in [1.29, 1.82) is 0 Å². The average molecular weight is 577 g/mol. The van der Waals surface area contributed by atoms with Crippen LogP contribution in [-0.2, 0) is 25.7 Å². The van der Waals surface area contributed by atoms with Crippen molar-refractivity contribution in [1.82, 2.24) is 4.90 Å². The molecule has 1 fully saturated rings. The van der Waals surface area contributed by atoms with Crippen molar-refractivity contribution >= 4 is 17.6 Å². The van der Waals surface area contributed by atoms with Gasteiger partial charge in [0.2, 0.25) is 5.91 Å². The highest BCUT2D eigenvalue weighted by molar-refractivity contribution is 5.90. The van der Waals surface area contributed by atoms with Crippen molar-refractivity contribution in [3.05, 3.63) is 101 Å². The molecule has 4 N–H and O–H groups in total. The molecule has 0 spiro atoms. The van der Waals surface area contributed by atoms with E-state index in [0.717, 1.165) is 22.3 Å². The standard InChI is InChI=1S/C33H40N2O7/c1-22(32(40)25-7-4-3-5-8-25)35(2)20-28-19-29(24-13-11-23(21-36)12-14-24)42-33(41-28)26-15-17-27(18-16-26)34-30(37)9-6-10-31(38)39/h3-5,7-8,11-18,22,28-29,32-33,36,40H,6,9-10,19-21H2,1-2H3,(H,34,37)(H,38,39)/t22-,28+,29-,32-,33-/m1/s1. The average Bonchev–Trinajstić information content (AvgIpc) is 3.00. The first-order valence-corrected chi connectivity index (χ1v) is 14.3. The summed E-state index contributed by atoms with van der Waals surface area (Å²) < 4.78 is 12.9. The minimum Gasteiger partial charge on any atom is -0.481 e. The molecule has 0 saturated carbocycles.